The van der Waals surface area contributed by atoms with E-state index in [4.69, 9.17) is 39.5 Å². The lowest BCUT2D eigenvalue weighted by Gasteiger charge is -2.32. The summed E-state index contributed by atoms with van der Waals surface area (Å²) in [6, 6.07) is 11.8. The number of likely N-dealkylation sites (tertiary alicyclic amines) is 1. The van der Waals surface area contributed by atoms with E-state index in [1.807, 2.05) is 39.5 Å². The van der Waals surface area contributed by atoms with E-state index in [1.54, 1.807) is 0 Å². The van der Waals surface area contributed by atoms with E-state index >= 15 is 0 Å². The molecule has 0 N–H and O–H groups in total. The second kappa shape index (κ2) is 10.6. The van der Waals surface area contributed by atoms with Gasteiger partial charge in [0.05, 0.1) is 34.3 Å². The fraction of sp³-hybridized carbons (Fsp3) is 0.480. The molecule has 0 spiro atoms. The summed E-state index contributed by atoms with van der Waals surface area (Å²) in [6.07, 6.45) is 1.79. The van der Waals surface area contributed by atoms with Gasteiger partial charge in [-0.1, -0.05) is 53.0 Å². The molecular formula is C25H29Cl3N4O2. The molecule has 2 aliphatic rings. The van der Waals surface area contributed by atoms with Gasteiger partial charge in [-0.2, -0.15) is 0 Å². The average molecular weight is 524 g/mol. The number of morpholine rings is 1. The fourth-order valence-electron chi connectivity index (χ4n) is 5.11. The van der Waals surface area contributed by atoms with E-state index < -0.39 is 0 Å². The van der Waals surface area contributed by atoms with E-state index in [1.165, 1.54) is 0 Å². The van der Waals surface area contributed by atoms with Gasteiger partial charge in [0.25, 0.3) is 0 Å². The summed E-state index contributed by atoms with van der Waals surface area (Å²) >= 11 is 19.1. The van der Waals surface area contributed by atoms with Gasteiger partial charge in [-0.15, -0.1) is 0 Å². The van der Waals surface area contributed by atoms with Crippen LogP contribution in [0.4, 0.5) is 0 Å². The summed E-state index contributed by atoms with van der Waals surface area (Å²) in [7, 11) is 0. The van der Waals surface area contributed by atoms with E-state index in [0.29, 0.717) is 16.6 Å². The van der Waals surface area contributed by atoms with Crippen molar-refractivity contribution in [3.63, 3.8) is 0 Å². The Bertz CT molecular complexity index is 1210. The van der Waals surface area contributed by atoms with Gasteiger partial charge in [-0.25, -0.2) is 4.79 Å². The molecule has 2 aliphatic heterocycles. The summed E-state index contributed by atoms with van der Waals surface area (Å²) < 4.78 is 9.27. The third-order valence-electron chi connectivity index (χ3n) is 7.02. The molecule has 2 saturated heterocycles. The molecule has 0 amide bonds. The Labute approximate surface area is 214 Å². The molecule has 0 bridgehead atoms. The van der Waals surface area contributed by atoms with Crippen molar-refractivity contribution in [3.05, 3.63) is 67.5 Å². The molecule has 0 radical (unpaired) electrons. The van der Waals surface area contributed by atoms with Gasteiger partial charge in [0.1, 0.15) is 0 Å². The van der Waals surface area contributed by atoms with Crippen LogP contribution in [0.15, 0.2) is 41.2 Å². The number of aromatic nitrogens is 2. The molecular weight excluding hydrogens is 495 g/mol. The highest BCUT2D eigenvalue weighted by Crippen LogP contribution is 2.32. The second-order valence-corrected chi connectivity index (χ2v) is 10.3. The number of hydrogen-bond acceptors (Lipinski definition) is 4. The minimum absolute atomic E-state index is 0.0196. The third kappa shape index (κ3) is 5.03. The standard InChI is InChI=1S/C25H29Cl3N4O2/c26-20-4-2-1-3-18(20)17-30-7-5-19(6-8-30)32-24-16-22(28)21(27)15-23(24)31(25(32)33)10-9-29-11-13-34-14-12-29/h1-4,15-16,19H,5-14,17H2. The van der Waals surface area contributed by atoms with E-state index in [2.05, 4.69) is 15.9 Å². The number of ether oxygens (including phenoxy) is 1. The topological polar surface area (TPSA) is 42.6 Å². The number of benzene rings is 2. The molecule has 3 aromatic rings. The largest absolute Gasteiger partial charge is 0.379 e. The molecule has 0 unspecified atom stereocenters. The summed E-state index contributed by atoms with van der Waals surface area (Å²) in [4.78, 5) is 18.4. The van der Waals surface area contributed by atoms with Crippen LogP contribution in [-0.4, -0.2) is 64.9 Å². The fourth-order valence-corrected chi connectivity index (χ4v) is 5.62. The van der Waals surface area contributed by atoms with E-state index in [0.717, 1.165) is 86.9 Å². The van der Waals surface area contributed by atoms with Crippen LogP contribution in [0, 0.1) is 0 Å². The zero-order valence-electron chi connectivity index (χ0n) is 19.1. The molecule has 1 aromatic heterocycles. The van der Waals surface area contributed by atoms with E-state index in [9.17, 15) is 4.79 Å². The highest BCUT2D eigenvalue weighted by Gasteiger charge is 2.26. The van der Waals surface area contributed by atoms with Crippen molar-refractivity contribution in [3.8, 4) is 0 Å². The first-order chi connectivity index (χ1) is 16.5. The predicted molar refractivity (Wildman–Crippen MR) is 138 cm³/mol. The molecule has 0 atom stereocenters. The van der Waals surface area contributed by atoms with Crippen LogP contribution < -0.4 is 5.69 Å². The zero-order valence-corrected chi connectivity index (χ0v) is 21.3. The lowest BCUT2D eigenvalue weighted by molar-refractivity contribution is 0.0364. The molecule has 182 valence electrons. The van der Waals surface area contributed by atoms with Crippen molar-refractivity contribution in [2.75, 3.05) is 45.9 Å². The first kappa shape index (κ1) is 24.2. The summed E-state index contributed by atoms with van der Waals surface area (Å²) in [5, 5.41) is 1.75. The molecule has 2 aromatic carbocycles. The third-order valence-corrected chi connectivity index (χ3v) is 8.11. The maximum absolute atomic E-state index is 13.7. The van der Waals surface area contributed by atoms with E-state index in [-0.39, 0.29) is 11.7 Å². The van der Waals surface area contributed by atoms with Gasteiger partial charge < -0.3 is 4.74 Å². The average Bonchev–Trinajstić information content (AvgIpc) is 3.11. The Morgan fingerprint density at radius 1 is 0.824 bits per heavy atom. The zero-order chi connectivity index (χ0) is 23.7. The maximum atomic E-state index is 13.7. The molecule has 3 heterocycles. The van der Waals surface area contributed by atoms with Gasteiger partial charge in [0.15, 0.2) is 0 Å². The van der Waals surface area contributed by atoms with Gasteiger partial charge in [-0.05, 0) is 36.6 Å². The van der Waals surface area contributed by atoms with Crippen molar-refractivity contribution in [1.29, 1.82) is 0 Å². The lowest BCUT2D eigenvalue weighted by Crippen LogP contribution is -2.40. The number of rotatable bonds is 6. The highest BCUT2D eigenvalue weighted by atomic mass is 35.5. The molecule has 0 aliphatic carbocycles. The molecule has 9 heteroatoms. The Morgan fingerprint density at radius 2 is 1.50 bits per heavy atom. The Morgan fingerprint density at radius 3 is 2.21 bits per heavy atom. The van der Waals surface area contributed by atoms with Crippen molar-refractivity contribution < 1.29 is 4.74 Å². The van der Waals surface area contributed by atoms with Crippen molar-refractivity contribution in [1.82, 2.24) is 18.9 Å². The predicted octanol–water partition coefficient (Wildman–Crippen LogP) is 4.93. The smallest absolute Gasteiger partial charge is 0.329 e. The van der Waals surface area contributed by atoms with Crippen LogP contribution in [0.3, 0.4) is 0 Å². The van der Waals surface area contributed by atoms with Crippen molar-refractivity contribution in [2.24, 2.45) is 0 Å². The Kier molecular flexibility index (Phi) is 7.54. The van der Waals surface area contributed by atoms with Crippen LogP contribution in [-0.2, 0) is 17.8 Å². The lowest BCUT2D eigenvalue weighted by atomic mass is 10.0. The molecule has 0 saturated carbocycles. The van der Waals surface area contributed by atoms with Crippen LogP contribution in [0.25, 0.3) is 11.0 Å². The summed E-state index contributed by atoms with van der Waals surface area (Å²) in [5.41, 5.74) is 2.88. The molecule has 5 rings (SSSR count). The quantitative estimate of drug-likeness (QED) is 0.459. The minimum Gasteiger partial charge on any atom is -0.379 e. The normalized spacial score (nSPS) is 18.7. The monoisotopic (exact) mass is 522 g/mol. The number of nitrogens with zero attached hydrogens (tertiary/aromatic N) is 4. The highest BCUT2D eigenvalue weighted by molar-refractivity contribution is 6.42. The number of fused-ring (bicyclic) bond motifs is 1. The molecule has 2 fully saturated rings. The number of hydrogen-bond donors (Lipinski definition) is 0. The molecule has 34 heavy (non-hydrogen) atoms. The number of piperidine rings is 1. The summed E-state index contributed by atoms with van der Waals surface area (Å²) in [5.74, 6) is 0. The first-order valence-electron chi connectivity index (χ1n) is 11.9. The number of imidazole rings is 1. The van der Waals surface area contributed by atoms with Gasteiger partial charge in [0.2, 0.25) is 0 Å². The van der Waals surface area contributed by atoms with Crippen LogP contribution >= 0.6 is 34.8 Å². The number of halogens is 3. The van der Waals surface area contributed by atoms with Gasteiger partial charge in [0, 0.05) is 56.9 Å². The maximum Gasteiger partial charge on any atom is 0.329 e. The Hall–Kier alpha value is -1.54. The van der Waals surface area contributed by atoms with Gasteiger partial charge in [-0.3, -0.25) is 18.9 Å². The first-order valence-corrected chi connectivity index (χ1v) is 13.0. The van der Waals surface area contributed by atoms with Crippen molar-refractivity contribution >= 4 is 45.8 Å². The second-order valence-electron chi connectivity index (χ2n) is 9.11. The minimum atomic E-state index is 0.0196. The van der Waals surface area contributed by atoms with Crippen LogP contribution in [0.5, 0.6) is 0 Å². The SMILES string of the molecule is O=c1n(CCN2CCOCC2)c2cc(Cl)c(Cl)cc2n1C1CCN(Cc2ccccc2Cl)CC1. The van der Waals surface area contributed by atoms with Crippen LogP contribution in [0.2, 0.25) is 15.1 Å². The van der Waals surface area contributed by atoms with Gasteiger partial charge >= 0.3 is 5.69 Å². The molecule has 6 nitrogen and oxygen atoms in total. The van der Waals surface area contributed by atoms with Crippen molar-refractivity contribution in [2.45, 2.75) is 32.0 Å². The summed E-state index contributed by atoms with van der Waals surface area (Å²) in [6.45, 7) is 7.33. The Balaban J connectivity index is 1.37. The van der Waals surface area contributed by atoms with Crippen LogP contribution in [0.1, 0.15) is 24.4 Å².